The highest BCUT2D eigenvalue weighted by molar-refractivity contribution is 6.30. The van der Waals surface area contributed by atoms with E-state index in [2.05, 4.69) is 15.1 Å². The zero-order chi connectivity index (χ0) is 23.4. The lowest BCUT2D eigenvalue weighted by Gasteiger charge is -2.23. The summed E-state index contributed by atoms with van der Waals surface area (Å²) in [5.41, 5.74) is -0.221. The van der Waals surface area contributed by atoms with Gasteiger partial charge in [-0.2, -0.15) is 18.3 Å². The van der Waals surface area contributed by atoms with E-state index in [0.29, 0.717) is 20.8 Å². The average molecular weight is 472 g/mol. The molecule has 0 fully saturated rings. The fraction of sp³-hybridized carbons (Fsp3) is 0.130. The van der Waals surface area contributed by atoms with Crippen molar-refractivity contribution in [3.8, 4) is 5.69 Å². The largest absolute Gasteiger partial charge is 0.434 e. The Morgan fingerprint density at radius 3 is 1.97 bits per heavy atom. The highest BCUT2D eigenvalue weighted by Crippen LogP contribution is 2.34. The van der Waals surface area contributed by atoms with Crippen LogP contribution in [0.4, 0.5) is 13.2 Å². The zero-order valence-corrected chi connectivity index (χ0v) is 17.8. The van der Waals surface area contributed by atoms with Crippen molar-refractivity contribution in [2.75, 3.05) is 0 Å². The number of nitrogens with zero attached hydrogens (tertiary/aromatic N) is 5. The van der Waals surface area contributed by atoms with Crippen molar-refractivity contribution in [3.05, 3.63) is 107 Å². The smallest absolute Gasteiger partial charge is 0.330 e. The normalized spacial score (nSPS) is 11.4. The number of pyridine rings is 2. The Hall–Kier alpha value is -3.72. The summed E-state index contributed by atoms with van der Waals surface area (Å²) >= 11 is 5.86. The maximum Gasteiger partial charge on any atom is 0.434 e. The number of rotatable bonds is 6. The first-order valence-corrected chi connectivity index (χ1v) is 10.2. The second kappa shape index (κ2) is 9.41. The van der Waals surface area contributed by atoms with E-state index in [1.165, 1.54) is 29.2 Å². The van der Waals surface area contributed by atoms with Gasteiger partial charge in [0.2, 0.25) is 0 Å². The lowest BCUT2D eigenvalue weighted by Crippen LogP contribution is -2.32. The molecular weight excluding hydrogens is 455 g/mol. The van der Waals surface area contributed by atoms with Gasteiger partial charge in [-0.1, -0.05) is 23.7 Å². The number of amides is 1. The SMILES string of the molecule is O=C(c1cnn(-c2ccc(Cl)cc2)c1C(F)(F)F)N(Cc1cccnc1)Cc1cccnc1. The fourth-order valence-corrected chi connectivity index (χ4v) is 3.48. The predicted molar refractivity (Wildman–Crippen MR) is 116 cm³/mol. The van der Waals surface area contributed by atoms with Crippen LogP contribution in [0.5, 0.6) is 0 Å². The molecule has 10 heteroatoms. The molecule has 0 bridgehead atoms. The quantitative estimate of drug-likeness (QED) is 0.389. The van der Waals surface area contributed by atoms with E-state index in [-0.39, 0.29) is 18.8 Å². The summed E-state index contributed by atoms with van der Waals surface area (Å²) in [7, 11) is 0. The Balaban J connectivity index is 1.75. The summed E-state index contributed by atoms with van der Waals surface area (Å²) in [6, 6.07) is 12.6. The van der Waals surface area contributed by atoms with E-state index >= 15 is 0 Å². The van der Waals surface area contributed by atoms with Crippen LogP contribution in [0.2, 0.25) is 5.02 Å². The van der Waals surface area contributed by atoms with Crippen LogP contribution >= 0.6 is 11.6 Å². The van der Waals surface area contributed by atoms with Crippen molar-refractivity contribution >= 4 is 17.5 Å². The van der Waals surface area contributed by atoms with Gasteiger partial charge >= 0.3 is 6.18 Å². The lowest BCUT2D eigenvalue weighted by atomic mass is 10.1. The topological polar surface area (TPSA) is 63.9 Å². The van der Waals surface area contributed by atoms with Gasteiger partial charge in [0.15, 0.2) is 5.69 Å². The third kappa shape index (κ3) is 5.20. The van der Waals surface area contributed by atoms with Gasteiger partial charge in [0, 0.05) is 42.9 Å². The van der Waals surface area contributed by atoms with E-state index in [9.17, 15) is 18.0 Å². The summed E-state index contributed by atoms with van der Waals surface area (Å²) in [4.78, 5) is 22.8. The molecule has 1 aromatic carbocycles. The third-order valence-electron chi connectivity index (χ3n) is 4.82. The molecule has 0 aliphatic heterocycles. The molecule has 0 N–H and O–H groups in total. The number of benzene rings is 1. The molecule has 0 aliphatic rings. The van der Waals surface area contributed by atoms with Crippen LogP contribution in [0, 0.1) is 0 Å². The van der Waals surface area contributed by atoms with Crippen LogP contribution in [0.1, 0.15) is 27.2 Å². The highest BCUT2D eigenvalue weighted by atomic mass is 35.5. The van der Waals surface area contributed by atoms with Crippen molar-refractivity contribution in [1.29, 1.82) is 0 Å². The molecule has 0 radical (unpaired) electrons. The second-order valence-corrected chi connectivity index (χ2v) is 7.61. The maximum atomic E-state index is 14.1. The summed E-state index contributed by atoms with van der Waals surface area (Å²) < 4.78 is 43.0. The Kier molecular flexibility index (Phi) is 6.41. The Morgan fingerprint density at radius 2 is 1.48 bits per heavy atom. The first-order chi connectivity index (χ1) is 15.8. The second-order valence-electron chi connectivity index (χ2n) is 7.18. The Labute approximate surface area is 192 Å². The molecule has 0 spiro atoms. The van der Waals surface area contributed by atoms with Crippen LogP contribution in [0.15, 0.2) is 79.5 Å². The van der Waals surface area contributed by atoms with E-state index in [1.54, 1.807) is 49.1 Å². The van der Waals surface area contributed by atoms with E-state index < -0.39 is 23.3 Å². The minimum absolute atomic E-state index is 0.0605. The molecule has 168 valence electrons. The Morgan fingerprint density at radius 1 is 0.909 bits per heavy atom. The average Bonchev–Trinajstić information content (AvgIpc) is 3.26. The highest BCUT2D eigenvalue weighted by Gasteiger charge is 2.41. The number of halogens is 4. The van der Waals surface area contributed by atoms with Gasteiger partial charge < -0.3 is 4.90 Å². The molecule has 0 atom stereocenters. The molecule has 6 nitrogen and oxygen atoms in total. The molecule has 0 unspecified atom stereocenters. The van der Waals surface area contributed by atoms with Gasteiger partial charge in [0.05, 0.1) is 17.4 Å². The Bertz CT molecular complexity index is 1190. The van der Waals surface area contributed by atoms with E-state index in [0.717, 1.165) is 6.20 Å². The van der Waals surface area contributed by atoms with Crippen molar-refractivity contribution < 1.29 is 18.0 Å². The summed E-state index contributed by atoms with van der Waals surface area (Å²) in [5, 5.41) is 4.25. The first-order valence-electron chi connectivity index (χ1n) is 9.81. The van der Waals surface area contributed by atoms with Gasteiger partial charge in [-0.15, -0.1) is 0 Å². The van der Waals surface area contributed by atoms with Gasteiger partial charge in [-0.05, 0) is 47.5 Å². The fourth-order valence-electron chi connectivity index (χ4n) is 3.35. The number of carbonyl (C=O) groups is 1. The number of carbonyl (C=O) groups excluding carboxylic acids is 1. The van der Waals surface area contributed by atoms with Gasteiger partial charge in [-0.3, -0.25) is 14.8 Å². The van der Waals surface area contributed by atoms with Crippen LogP contribution < -0.4 is 0 Å². The summed E-state index contributed by atoms with van der Waals surface area (Å²) in [6.45, 7) is 0.121. The van der Waals surface area contributed by atoms with Crippen molar-refractivity contribution in [2.24, 2.45) is 0 Å². The van der Waals surface area contributed by atoms with Crippen LogP contribution in [0.25, 0.3) is 5.69 Å². The monoisotopic (exact) mass is 471 g/mol. The van der Waals surface area contributed by atoms with E-state index in [4.69, 9.17) is 11.6 Å². The minimum Gasteiger partial charge on any atom is -0.330 e. The standard InChI is InChI=1S/C23H17ClF3N5O/c24-18-5-7-19(8-6-18)32-21(23(25,26)27)20(13-30-32)22(33)31(14-16-3-1-9-28-11-16)15-17-4-2-10-29-12-17/h1-13H,14-15H2. The molecule has 0 saturated heterocycles. The molecule has 4 rings (SSSR count). The number of hydrogen-bond acceptors (Lipinski definition) is 4. The molecule has 1 amide bonds. The van der Waals surface area contributed by atoms with Crippen molar-refractivity contribution in [1.82, 2.24) is 24.6 Å². The van der Waals surface area contributed by atoms with E-state index in [1.807, 2.05) is 0 Å². The van der Waals surface area contributed by atoms with Crippen molar-refractivity contribution in [2.45, 2.75) is 19.3 Å². The maximum absolute atomic E-state index is 14.1. The minimum atomic E-state index is -4.82. The van der Waals surface area contributed by atoms with Crippen LogP contribution in [-0.4, -0.2) is 30.6 Å². The van der Waals surface area contributed by atoms with Crippen molar-refractivity contribution in [3.63, 3.8) is 0 Å². The molecule has 4 aromatic rings. The zero-order valence-electron chi connectivity index (χ0n) is 17.1. The van der Waals surface area contributed by atoms with Crippen LogP contribution in [-0.2, 0) is 19.3 Å². The van der Waals surface area contributed by atoms with Crippen LogP contribution in [0.3, 0.4) is 0 Å². The molecule has 3 aromatic heterocycles. The van der Waals surface area contributed by atoms with Gasteiger partial charge in [0.1, 0.15) is 0 Å². The summed E-state index contributed by atoms with van der Waals surface area (Å²) in [6.07, 6.45) is 2.40. The molecular formula is C23H17ClF3N5O. The molecule has 33 heavy (non-hydrogen) atoms. The summed E-state index contributed by atoms with van der Waals surface area (Å²) in [5.74, 6) is -0.810. The number of hydrogen-bond donors (Lipinski definition) is 0. The number of aromatic nitrogens is 4. The predicted octanol–water partition coefficient (Wildman–Crippen LogP) is 5.18. The first kappa shape index (κ1) is 22.5. The number of alkyl halides is 3. The lowest BCUT2D eigenvalue weighted by molar-refractivity contribution is -0.143. The van der Waals surface area contributed by atoms with Gasteiger partial charge in [-0.25, -0.2) is 4.68 Å². The third-order valence-corrected chi connectivity index (χ3v) is 5.07. The molecule has 0 saturated carbocycles. The van der Waals surface area contributed by atoms with Gasteiger partial charge in [0.25, 0.3) is 5.91 Å². The molecule has 3 heterocycles. The molecule has 0 aliphatic carbocycles.